The van der Waals surface area contributed by atoms with Gasteiger partial charge in [0.2, 0.25) is 0 Å². The molecule has 0 unspecified atom stereocenters. The first-order valence-corrected chi connectivity index (χ1v) is 5.38. The number of rotatable bonds is 3. The molecule has 0 saturated heterocycles. The van der Waals surface area contributed by atoms with E-state index in [-0.39, 0.29) is 6.42 Å². The Kier molecular flexibility index (Phi) is 4.53. The zero-order valence-corrected chi connectivity index (χ0v) is 11.0. The quantitative estimate of drug-likeness (QED) is 0.756. The smallest absolute Gasteiger partial charge is 0.310 e. The molecule has 94 valence electrons. The van der Waals surface area contributed by atoms with Gasteiger partial charge in [-0.3, -0.25) is 9.59 Å². The van der Waals surface area contributed by atoms with E-state index in [0.29, 0.717) is 0 Å². The predicted molar refractivity (Wildman–Crippen MR) is 61.0 cm³/mol. The molecule has 1 atom stereocenters. The van der Waals surface area contributed by atoms with Crippen LogP contribution in [0.1, 0.15) is 48.0 Å². The Morgan fingerprint density at radius 3 is 1.81 bits per heavy atom. The van der Waals surface area contributed by atoms with Gasteiger partial charge in [-0.2, -0.15) is 0 Å². The lowest BCUT2D eigenvalue weighted by molar-refractivity contribution is -0.167. The molecule has 0 fully saturated rings. The third-order valence-electron chi connectivity index (χ3n) is 2.12. The number of aliphatic carboxylic acids is 1. The second kappa shape index (κ2) is 4.85. The number of hydrogen-bond acceptors (Lipinski definition) is 3. The summed E-state index contributed by atoms with van der Waals surface area (Å²) < 4.78 is 5.22. The first kappa shape index (κ1) is 14.9. The molecule has 0 radical (unpaired) electrons. The maximum Gasteiger partial charge on any atom is 0.310 e. The van der Waals surface area contributed by atoms with E-state index in [9.17, 15) is 9.59 Å². The molecule has 1 N–H and O–H groups in total. The molecular formula is C12H22O4. The van der Waals surface area contributed by atoms with Crippen LogP contribution in [0.15, 0.2) is 0 Å². The van der Waals surface area contributed by atoms with E-state index in [1.807, 2.05) is 20.8 Å². The molecule has 4 heteroatoms. The van der Waals surface area contributed by atoms with E-state index in [1.165, 1.54) is 0 Å². The second-order valence-electron chi connectivity index (χ2n) is 6.05. The van der Waals surface area contributed by atoms with Crippen molar-refractivity contribution in [2.24, 2.45) is 11.3 Å². The van der Waals surface area contributed by atoms with Gasteiger partial charge in [-0.05, 0) is 26.2 Å². The first-order valence-electron chi connectivity index (χ1n) is 5.38. The zero-order valence-electron chi connectivity index (χ0n) is 11.0. The average Bonchev–Trinajstić information content (AvgIpc) is 1.93. The normalized spacial score (nSPS) is 14.4. The maximum atomic E-state index is 11.9. The van der Waals surface area contributed by atoms with Gasteiger partial charge in [0.15, 0.2) is 0 Å². The van der Waals surface area contributed by atoms with Crippen molar-refractivity contribution >= 4 is 11.9 Å². The third kappa shape index (κ3) is 5.73. The van der Waals surface area contributed by atoms with Gasteiger partial charge >= 0.3 is 11.9 Å². The molecule has 0 aliphatic heterocycles. The molecule has 0 aliphatic carbocycles. The molecule has 0 aromatic carbocycles. The predicted octanol–water partition coefficient (Wildman–Crippen LogP) is 2.47. The number of carbonyl (C=O) groups excluding carboxylic acids is 1. The van der Waals surface area contributed by atoms with Gasteiger partial charge in [0.25, 0.3) is 0 Å². The number of esters is 1. The second-order valence-corrected chi connectivity index (χ2v) is 6.05. The fourth-order valence-electron chi connectivity index (χ4n) is 1.29. The van der Waals surface area contributed by atoms with E-state index in [4.69, 9.17) is 9.84 Å². The van der Waals surface area contributed by atoms with Crippen LogP contribution in [-0.4, -0.2) is 22.6 Å². The molecule has 0 aliphatic rings. The molecule has 0 amide bonds. The van der Waals surface area contributed by atoms with Gasteiger partial charge in [0, 0.05) is 0 Å². The van der Waals surface area contributed by atoms with Crippen LogP contribution in [0, 0.1) is 11.3 Å². The Labute approximate surface area is 97.0 Å². The maximum absolute atomic E-state index is 11.9. The number of hydrogen-bond donors (Lipinski definition) is 1. The molecular weight excluding hydrogens is 208 g/mol. The van der Waals surface area contributed by atoms with Crippen LogP contribution in [-0.2, 0) is 14.3 Å². The Morgan fingerprint density at radius 1 is 1.12 bits per heavy atom. The summed E-state index contributed by atoms with van der Waals surface area (Å²) in [5.41, 5.74) is -1.00. The van der Waals surface area contributed by atoms with Gasteiger partial charge < -0.3 is 9.84 Å². The minimum atomic E-state index is -0.981. The molecule has 0 aromatic rings. The van der Waals surface area contributed by atoms with Crippen molar-refractivity contribution in [1.82, 2.24) is 0 Å². The lowest BCUT2D eigenvalue weighted by Gasteiger charge is -2.30. The van der Waals surface area contributed by atoms with Crippen molar-refractivity contribution in [3.8, 4) is 0 Å². The van der Waals surface area contributed by atoms with E-state index in [1.54, 1.807) is 20.8 Å². The standard InChI is InChI=1S/C12H22O4/c1-11(2,3)8(7-9(13)14)10(15)16-12(4,5)6/h8H,7H2,1-6H3,(H,13,14)/t8-/m1/s1. The first-order chi connectivity index (χ1) is 6.93. The molecule has 0 aromatic heterocycles. The van der Waals surface area contributed by atoms with Gasteiger partial charge in [-0.25, -0.2) is 0 Å². The van der Waals surface area contributed by atoms with Crippen LogP contribution in [0.2, 0.25) is 0 Å². The highest BCUT2D eigenvalue weighted by molar-refractivity contribution is 5.80. The summed E-state index contributed by atoms with van der Waals surface area (Å²) in [5.74, 6) is -2.04. The van der Waals surface area contributed by atoms with Crippen molar-refractivity contribution in [2.75, 3.05) is 0 Å². The highest BCUT2D eigenvalue weighted by atomic mass is 16.6. The minimum absolute atomic E-state index is 0.196. The lowest BCUT2D eigenvalue weighted by Crippen LogP contribution is -2.36. The SMILES string of the molecule is CC(C)(C)OC(=O)[C@@H](CC(=O)O)C(C)(C)C. The zero-order chi connectivity index (χ0) is 13.1. The van der Waals surface area contributed by atoms with Gasteiger partial charge in [-0.15, -0.1) is 0 Å². The monoisotopic (exact) mass is 230 g/mol. The molecule has 0 bridgehead atoms. The highest BCUT2D eigenvalue weighted by Gasteiger charge is 2.36. The summed E-state index contributed by atoms with van der Waals surface area (Å²) in [4.78, 5) is 22.6. The third-order valence-corrected chi connectivity index (χ3v) is 2.12. The summed E-state index contributed by atoms with van der Waals surface area (Å²) in [6.45, 7) is 10.8. The van der Waals surface area contributed by atoms with Crippen molar-refractivity contribution in [1.29, 1.82) is 0 Å². The van der Waals surface area contributed by atoms with Crippen molar-refractivity contribution < 1.29 is 19.4 Å². The number of carbonyl (C=O) groups is 2. The fraction of sp³-hybridized carbons (Fsp3) is 0.833. The van der Waals surface area contributed by atoms with Crippen LogP contribution in [0.25, 0.3) is 0 Å². The largest absolute Gasteiger partial charge is 0.481 e. The molecule has 0 rings (SSSR count). The fourth-order valence-corrected chi connectivity index (χ4v) is 1.29. The van der Waals surface area contributed by atoms with E-state index < -0.39 is 28.9 Å². The van der Waals surface area contributed by atoms with Crippen LogP contribution < -0.4 is 0 Å². The number of carboxylic acids is 1. The van der Waals surface area contributed by atoms with Crippen LogP contribution in [0.3, 0.4) is 0 Å². The van der Waals surface area contributed by atoms with Crippen LogP contribution in [0.5, 0.6) is 0 Å². The van der Waals surface area contributed by atoms with E-state index >= 15 is 0 Å². The summed E-state index contributed by atoms with van der Waals surface area (Å²) in [6.07, 6.45) is -0.196. The summed E-state index contributed by atoms with van der Waals surface area (Å²) >= 11 is 0. The highest BCUT2D eigenvalue weighted by Crippen LogP contribution is 2.31. The molecule has 0 saturated carbocycles. The average molecular weight is 230 g/mol. The lowest BCUT2D eigenvalue weighted by atomic mass is 9.78. The van der Waals surface area contributed by atoms with Gasteiger partial charge in [-0.1, -0.05) is 20.8 Å². The van der Waals surface area contributed by atoms with Gasteiger partial charge in [0.1, 0.15) is 5.60 Å². The number of carboxylic acid groups (broad SMARTS) is 1. The Bertz CT molecular complexity index is 268. The Hall–Kier alpha value is -1.06. The number of ether oxygens (including phenoxy) is 1. The molecule has 4 nitrogen and oxygen atoms in total. The molecule has 0 heterocycles. The van der Waals surface area contributed by atoms with Crippen LogP contribution >= 0.6 is 0 Å². The molecule has 0 spiro atoms. The minimum Gasteiger partial charge on any atom is -0.481 e. The summed E-state index contributed by atoms with van der Waals surface area (Å²) in [5, 5.41) is 8.79. The topological polar surface area (TPSA) is 63.6 Å². The summed E-state index contributed by atoms with van der Waals surface area (Å²) in [6, 6.07) is 0. The van der Waals surface area contributed by atoms with Gasteiger partial charge in [0.05, 0.1) is 12.3 Å². The van der Waals surface area contributed by atoms with Crippen molar-refractivity contribution in [3.05, 3.63) is 0 Å². The Balaban J connectivity index is 4.78. The van der Waals surface area contributed by atoms with E-state index in [0.717, 1.165) is 0 Å². The summed E-state index contributed by atoms with van der Waals surface area (Å²) in [7, 11) is 0. The van der Waals surface area contributed by atoms with Crippen LogP contribution in [0.4, 0.5) is 0 Å². The van der Waals surface area contributed by atoms with Crippen molar-refractivity contribution in [2.45, 2.75) is 53.6 Å². The van der Waals surface area contributed by atoms with E-state index in [2.05, 4.69) is 0 Å². The molecule has 16 heavy (non-hydrogen) atoms. The van der Waals surface area contributed by atoms with Crippen molar-refractivity contribution in [3.63, 3.8) is 0 Å². The Morgan fingerprint density at radius 2 is 1.56 bits per heavy atom.